The molecule has 158 valence electrons. The fraction of sp³-hybridized carbons (Fsp3) is 0.276. The quantitative estimate of drug-likeness (QED) is 0.298. The SMILES string of the molecule is CC(C)(C)c1ccc(/C(O)=C/C(=O)c2cc3ccc2CCc2ccc(cc2)CC3)cc1. The molecule has 7 rings (SSSR count). The largest absolute Gasteiger partial charge is 0.507 e. The van der Waals surface area contributed by atoms with Gasteiger partial charge in [-0.2, -0.15) is 0 Å². The van der Waals surface area contributed by atoms with Crippen LogP contribution in [0, 0.1) is 0 Å². The first-order valence-corrected chi connectivity index (χ1v) is 11.1. The van der Waals surface area contributed by atoms with Crippen LogP contribution in [-0.4, -0.2) is 10.9 Å². The molecule has 0 radical (unpaired) electrons. The van der Waals surface area contributed by atoms with E-state index in [2.05, 4.69) is 57.2 Å². The number of carbonyl (C=O) groups is 1. The van der Waals surface area contributed by atoms with Gasteiger partial charge in [-0.3, -0.25) is 4.79 Å². The van der Waals surface area contributed by atoms with E-state index in [-0.39, 0.29) is 17.0 Å². The lowest BCUT2D eigenvalue weighted by atomic mass is 9.86. The molecule has 0 spiro atoms. The number of hydrogen-bond donors (Lipinski definition) is 1. The van der Waals surface area contributed by atoms with E-state index in [1.54, 1.807) is 0 Å². The molecule has 0 saturated heterocycles. The summed E-state index contributed by atoms with van der Waals surface area (Å²) in [4.78, 5) is 13.2. The van der Waals surface area contributed by atoms with Gasteiger partial charge in [0.15, 0.2) is 5.78 Å². The lowest BCUT2D eigenvalue weighted by molar-refractivity contribution is 0.104. The second-order valence-corrected chi connectivity index (χ2v) is 9.53. The zero-order chi connectivity index (χ0) is 22.0. The molecular weight excluding hydrogens is 380 g/mol. The lowest BCUT2D eigenvalue weighted by Gasteiger charge is -2.19. The molecule has 0 heterocycles. The van der Waals surface area contributed by atoms with E-state index < -0.39 is 0 Å². The smallest absolute Gasteiger partial charge is 0.189 e. The molecule has 0 atom stereocenters. The van der Waals surface area contributed by atoms with Crippen LogP contribution in [0.15, 0.2) is 72.8 Å². The highest BCUT2D eigenvalue weighted by Crippen LogP contribution is 2.25. The van der Waals surface area contributed by atoms with Gasteiger partial charge in [0.05, 0.1) is 0 Å². The van der Waals surface area contributed by atoms with Crippen molar-refractivity contribution >= 4 is 11.5 Å². The molecule has 31 heavy (non-hydrogen) atoms. The molecule has 2 heteroatoms. The topological polar surface area (TPSA) is 37.3 Å². The van der Waals surface area contributed by atoms with Crippen molar-refractivity contribution in [2.45, 2.75) is 51.9 Å². The number of benzene rings is 3. The van der Waals surface area contributed by atoms with Gasteiger partial charge in [0, 0.05) is 17.2 Å². The predicted octanol–water partition coefficient (Wildman–Crippen LogP) is 6.65. The summed E-state index contributed by atoms with van der Waals surface area (Å²) in [6, 6.07) is 22.8. The van der Waals surface area contributed by atoms with Crippen LogP contribution in [0.25, 0.3) is 5.76 Å². The van der Waals surface area contributed by atoms with Crippen LogP contribution in [0.3, 0.4) is 0 Å². The van der Waals surface area contributed by atoms with Crippen LogP contribution in [0.4, 0.5) is 0 Å². The number of aliphatic hydroxyl groups excluding tert-OH is 1. The van der Waals surface area contributed by atoms with Gasteiger partial charge in [-0.25, -0.2) is 0 Å². The van der Waals surface area contributed by atoms with Crippen LogP contribution in [-0.2, 0) is 31.1 Å². The number of rotatable bonds is 3. The Morgan fingerprint density at radius 3 is 1.94 bits per heavy atom. The molecule has 4 bridgehead atoms. The van der Waals surface area contributed by atoms with E-state index in [1.165, 1.54) is 22.8 Å². The van der Waals surface area contributed by atoms with Crippen LogP contribution in [0.5, 0.6) is 0 Å². The summed E-state index contributed by atoms with van der Waals surface area (Å²) in [6.45, 7) is 6.47. The van der Waals surface area contributed by atoms with Gasteiger partial charge in [0.2, 0.25) is 0 Å². The summed E-state index contributed by atoms with van der Waals surface area (Å²) >= 11 is 0. The Kier molecular flexibility index (Phi) is 5.82. The minimum atomic E-state index is -0.139. The van der Waals surface area contributed by atoms with Crippen molar-refractivity contribution in [3.8, 4) is 0 Å². The van der Waals surface area contributed by atoms with Crippen LogP contribution in [0.2, 0.25) is 0 Å². The second kappa shape index (κ2) is 8.55. The van der Waals surface area contributed by atoms with Gasteiger partial charge in [0.25, 0.3) is 0 Å². The molecule has 0 saturated carbocycles. The first kappa shape index (κ1) is 21.1. The molecule has 3 aromatic carbocycles. The van der Waals surface area contributed by atoms with Crippen molar-refractivity contribution in [2.24, 2.45) is 0 Å². The summed E-state index contributed by atoms with van der Waals surface area (Å²) in [5, 5.41) is 10.6. The Morgan fingerprint density at radius 1 is 0.774 bits per heavy atom. The third kappa shape index (κ3) is 4.96. The summed E-state index contributed by atoms with van der Waals surface area (Å²) in [5.74, 6) is -0.127. The lowest BCUT2D eigenvalue weighted by Crippen LogP contribution is -2.10. The van der Waals surface area contributed by atoms with Gasteiger partial charge >= 0.3 is 0 Å². The minimum absolute atomic E-state index is 0.0118. The zero-order valence-corrected chi connectivity index (χ0v) is 18.6. The highest BCUT2D eigenvalue weighted by Gasteiger charge is 2.16. The number of ketones is 1. The van der Waals surface area contributed by atoms with Crippen molar-refractivity contribution in [1.82, 2.24) is 0 Å². The maximum absolute atomic E-state index is 13.2. The van der Waals surface area contributed by atoms with E-state index in [4.69, 9.17) is 0 Å². The fourth-order valence-corrected chi connectivity index (χ4v) is 4.09. The standard InChI is InChI=1S/C29H30O2/c1-29(2,3)25-16-14-24(15-17-25)27(30)19-28(31)26-18-22-9-8-20-4-6-21(7-5-20)10-12-23(26)13-11-22/h4-7,11,13-19,30H,8-10,12H2,1-3H3/b27-19-. The minimum Gasteiger partial charge on any atom is -0.507 e. The Morgan fingerprint density at radius 2 is 1.32 bits per heavy atom. The first-order valence-electron chi connectivity index (χ1n) is 11.1. The highest BCUT2D eigenvalue weighted by atomic mass is 16.3. The Hall–Kier alpha value is -3.13. The molecule has 3 aromatic rings. The molecule has 0 unspecified atom stereocenters. The van der Waals surface area contributed by atoms with Crippen molar-refractivity contribution in [1.29, 1.82) is 0 Å². The van der Waals surface area contributed by atoms with Crippen LogP contribution in [0.1, 0.15) is 64.5 Å². The molecule has 4 aliphatic rings. The second-order valence-electron chi connectivity index (χ2n) is 9.53. The summed E-state index contributed by atoms with van der Waals surface area (Å²) < 4.78 is 0. The average molecular weight is 411 g/mol. The number of aliphatic hydroxyl groups is 1. The average Bonchev–Trinajstić information content (AvgIpc) is 2.75. The Labute approximate surface area is 185 Å². The van der Waals surface area contributed by atoms with Crippen molar-refractivity contribution in [3.05, 3.63) is 112 Å². The van der Waals surface area contributed by atoms with Gasteiger partial charge in [0.1, 0.15) is 5.76 Å². The van der Waals surface area contributed by atoms with E-state index in [0.29, 0.717) is 11.1 Å². The normalized spacial score (nSPS) is 14.2. The molecule has 0 aliphatic heterocycles. The third-order valence-electron chi connectivity index (χ3n) is 6.16. The third-order valence-corrected chi connectivity index (χ3v) is 6.16. The van der Waals surface area contributed by atoms with Gasteiger partial charge < -0.3 is 5.11 Å². The van der Waals surface area contributed by atoms with E-state index in [1.807, 2.05) is 30.3 Å². The molecule has 1 N–H and O–H groups in total. The molecule has 0 aromatic heterocycles. The molecule has 4 aliphatic carbocycles. The van der Waals surface area contributed by atoms with Crippen molar-refractivity contribution in [2.75, 3.05) is 0 Å². The maximum Gasteiger partial charge on any atom is 0.189 e. The van der Waals surface area contributed by atoms with E-state index in [9.17, 15) is 9.90 Å². The van der Waals surface area contributed by atoms with Gasteiger partial charge in [-0.15, -0.1) is 0 Å². The monoisotopic (exact) mass is 410 g/mol. The Bertz CT molecular complexity index is 1110. The molecular formula is C29H30O2. The zero-order valence-electron chi connectivity index (χ0n) is 18.6. The molecule has 0 fully saturated rings. The number of allylic oxidation sites excluding steroid dienone is 1. The summed E-state index contributed by atoms with van der Waals surface area (Å²) in [5.41, 5.74) is 7.38. The van der Waals surface area contributed by atoms with Crippen molar-refractivity contribution < 1.29 is 9.90 Å². The number of hydrogen-bond acceptors (Lipinski definition) is 2. The van der Waals surface area contributed by atoms with Crippen LogP contribution >= 0.6 is 0 Å². The number of carbonyl (C=O) groups excluding carboxylic acids is 1. The summed E-state index contributed by atoms with van der Waals surface area (Å²) in [6.07, 6.45) is 4.91. The molecule has 0 amide bonds. The first-order chi connectivity index (χ1) is 14.8. The van der Waals surface area contributed by atoms with Gasteiger partial charge in [-0.1, -0.05) is 81.4 Å². The molecule has 2 nitrogen and oxygen atoms in total. The predicted molar refractivity (Wildman–Crippen MR) is 128 cm³/mol. The van der Waals surface area contributed by atoms with Crippen molar-refractivity contribution in [3.63, 3.8) is 0 Å². The fourth-order valence-electron chi connectivity index (χ4n) is 4.09. The van der Waals surface area contributed by atoms with E-state index >= 15 is 0 Å². The van der Waals surface area contributed by atoms with E-state index in [0.717, 1.165) is 36.8 Å². The van der Waals surface area contributed by atoms with Gasteiger partial charge in [-0.05, 0) is 65.0 Å². The highest BCUT2D eigenvalue weighted by molar-refractivity contribution is 6.08. The number of aryl methyl sites for hydroxylation is 4. The van der Waals surface area contributed by atoms with Crippen LogP contribution < -0.4 is 0 Å². The summed E-state index contributed by atoms with van der Waals surface area (Å²) in [7, 11) is 0. The Balaban J connectivity index is 1.62. The maximum atomic E-state index is 13.2.